The highest BCUT2D eigenvalue weighted by molar-refractivity contribution is 5.76. The quantitative estimate of drug-likeness (QED) is 0.705. The molecule has 9 atom stereocenters. The van der Waals surface area contributed by atoms with Gasteiger partial charge in [0, 0.05) is 13.0 Å². The molecule has 0 aromatic heterocycles. The van der Waals surface area contributed by atoms with E-state index in [1.165, 1.54) is 36.8 Å². The summed E-state index contributed by atoms with van der Waals surface area (Å²) >= 11 is 0. The van der Waals surface area contributed by atoms with Crippen molar-refractivity contribution in [2.45, 2.75) is 72.3 Å². The summed E-state index contributed by atoms with van der Waals surface area (Å²) in [5.41, 5.74) is 3.42. The summed E-state index contributed by atoms with van der Waals surface area (Å²) in [6.07, 6.45) is 5.65. The van der Waals surface area contributed by atoms with Crippen molar-refractivity contribution in [3.8, 4) is 0 Å². The minimum atomic E-state index is -0.504. The standard InChI is InChI=1S/C23H36O3/c1-12(11-24)18-5-6-19-22-20-16(7-8-23(18,19)4)14(3)17(21(20)22)10-15(26)9-13(2)25/h12,15-16,18-22,24,26H,5-11H2,1-4H3/t12-,15+,16?,18-,19+,20?,21?,22?,23-/m1/s1. The number of carbonyl (C=O) groups is 1. The van der Waals surface area contributed by atoms with Gasteiger partial charge < -0.3 is 10.2 Å². The molecule has 0 radical (unpaired) electrons. The summed E-state index contributed by atoms with van der Waals surface area (Å²) in [5, 5.41) is 20.1. The first-order valence-electron chi connectivity index (χ1n) is 10.8. The Balaban J connectivity index is 1.56. The smallest absolute Gasteiger partial charge is 0.132 e. The van der Waals surface area contributed by atoms with Crippen molar-refractivity contribution in [1.82, 2.24) is 0 Å². The Kier molecular flexibility index (Phi) is 4.63. The second-order valence-electron chi connectivity index (χ2n) is 10.3. The van der Waals surface area contributed by atoms with Crippen LogP contribution in [0.25, 0.3) is 0 Å². The molecular weight excluding hydrogens is 324 g/mol. The van der Waals surface area contributed by atoms with Gasteiger partial charge in [-0.15, -0.1) is 0 Å². The summed E-state index contributed by atoms with van der Waals surface area (Å²) < 4.78 is 0. The van der Waals surface area contributed by atoms with Gasteiger partial charge in [-0.2, -0.15) is 0 Å². The third-order valence-electron chi connectivity index (χ3n) is 8.96. The Bertz CT molecular complexity index is 623. The number of hydrogen-bond donors (Lipinski definition) is 2. The third kappa shape index (κ3) is 2.64. The van der Waals surface area contributed by atoms with Gasteiger partial charge in [-0.25, -0.2) is 0 Å². The van der Waals surface area contributed by atoms with Gasteiger partial charge in [0.15, 0.2) is 0 Å². The summed E-state index contributed by atoms with van der Waals surface area (Å²) in [4.78, 5) is 11.4. The van der Waals surface area contributed by atoms with Crippen LogP contribution in [0.2, 0.25) is 0 Å². The lowest BCUT2D eigenvalue weighted by atomic mass is 9.65. The van der Waals surface area contributed by atoms with Crippen LogP contribution in [0, 0.1) is 46.8 Å². The van der Waals surface area contributed by atoms with Crippen molar-refractivity contribution in [2.75, 3.05) is 6.61 Å². The molecule has 26 heavy (non-hydrogen) atoms. The van der Waals surface area contributed by atoms with Crippen molar-refractivity contribution in [3.05, 3.63) is 11.1 Å². The first-order valence-corrected chi connectivity index (χ1v) is 10.8. The number of Topliss-reactive ketones (excluding diaryl/α,β-unsaturated/α-hetero) is 1. The van der Waals surface area contributed by atoms with E-state index in [0.717, 1.165) is 17.8 Å². The fraction of sp³-hybridized carbons (Fsp3) is 0.870. The van der Waals surface area contributed by atoms with Gasteiger partial charge in [0.1, 0.15) is 5.78 Å². The topological polar surface area (TPSA) is 57.5 Å². The number of aliphatic hydroxyl groups is 2. The Labute approximate surface area is 158 Å². The third-order valence-corrected chi connectivity index (χ3v) is 8.96. The van der Waals surface area contributed by atoms with Crippen LogP contribution in [-0.4, -0.2) is 28.7 Å². The number of aliphatic hydroxyl groups excluding tert-OH is 2. The van der Waals surface area contributed by atoms with Crippen molar-refractivity contribution >= 4 is 5.78 Å². The van der Waals surface area contributed by atoms with E-state index in [4.69, 9.17) is 0 Å². The SMILES string of the molecule is CC(=O)C[C@H](O)CC1=C(C)C2CC[C@]3(C)[C@@H]([C@H](C)CO)CC[C@H]3C3C1C23. The second-order valence-corrected chi connectivity index (χ2v) is 10.3. The van der Waals surface area contributed by atoms with E-state index < -0.39 is 6.10 Å². The molecule has 0 heterocycles. The van der Waals surface area contributed by atoms with Crippen LogP contribution in [0.5, 0.6) is 0 Å². The van der Waals surface area contributed by atoms with Crippen LogP contribution in [0.1, 0.15) is 66.2 Å². The Morgan fingerprint density at radius 1 is 1.27 bits per heavy atom. The van der Waals surface area contributed by atoms with Crippen LogP contribution < -0.4 is 0 Å². The molecule has 3 heteroatoms. The van der Waals surface area contributed by atoms with Crippen LogP contribution in [0.15, 0.2) is 11.1 Å². The second kappa shape index (κ2) is 6.44. The first kappa shape index (κ1) is 18.7. The molecule has 4 aliphatic rings. The summed E-state index contributed by atoms with van der Waals surface area (Å²) in [6.45, 7) is 8.93. The molecule has 4 unspecified atom stereocenters. The average molecular weight is 361 g/mol. The minimum Gasteiger partial charge on any atom is -0.396 e. The molecule has 2 N–H and O–H groups in total. The zero-order valence-electron chi connectivity index (χ0n) is 16.9. The van der Waals surface area contributed by atoms with Gasteiger partial charge in [0.05, 0.1) is 6.10 Å². The molecule has 0 spiro atoms. The van der Waals surface area contributed by atoms with E-state index in [2.05, 4.69) is 20.8 Å². The molecule has 0 saturated heterocycles. The molecule has 0 bridgehead atoms. The maximum atomic E-state index is 11.4. The van der Waals surface area contributed by atoms with E-state index >= 15 is 0 Å². The van der Waals surface area contributed by atoms with E-state index in [9.17, 15) is 15.0 Å². The van der Waals surface area contributed by atoms with Crippen LogP contribution in [0.4, 0.5) is 0 Å². The van der Waals surface area contributed by atoms with Crippen molar-refractivity contribution < 1.29 is 15.0 Å². The largest absolute Gasteiger partial charge is 0.396 e. The van der Waals surface area contributed by atoms with Gasteiger partial charge in [0.25, 0.3) is 0 Å². The lowest BCUT2D eigenvalue weighted by Gasteiger charge is -2.39. The molecule has 3 saturated carbocycles. The summed E-state index contributed by atoms with van der Waals surface area (Å²) in [7, 11) is 0. The number of rotatable bonds is 6. The van der Waals surface area contributed by atoms with Gasteiger partial charge >= 0.3 is 0 Å². The maximum Gasteiger partial charge on any atom is 0.132 e. The highest BCUT2D eigenvalue weighted by atomic mass is 16.3. The molecule has 3 nitrogen and oxygen atoms in total. The Morgan fingerprint density at radius 3 is 2.65 bits per heavy atom. The molecule has 4 aliphatic carbocycles. The van der Waals surface area contributed by atoms with Crippen LogP contribution in [-0.2, 0) is 4.79 Å². The zero-order valence-corrected chi connectivity index (χ0v) is 16.9. The molecule has 4 rings (SSSR count). The Hall–Kier alpha value is -0.670. The fourth-order valence-electron chi connectivity index (χ4n) is 7.84. The van der Waals surface area contributed by atoms with Crippen LogP contribution >= 0.6 is 0 Å². The van der Waals surface area contributed by atoms with Gasteiger partial charge in [-0.3, -0.25) is 4.79 Å². The lowest BCUT2D eigenvalue weighted by molar-refractivity contribution is -0.118. The number of carbonyl (C=O) groups excluding carboxylic acids is 1. The maximum absolute atomic E-state index is 11.4. The first-order chi connectivity index (χ1) is 12.3. The van der Waals surface area contributed by atoms with Crippen molar-refractivity contribution in [1.29, 1.82) is 0 Å². The molecule has 0 aromatic carbocycles. The van der Waals surface area contributed by atoms with E-state index in [1.54, 1.807) is 6.92 Å². The summed E-state index contributed by atoms with van der Waals surface area (Å²) in [6, 6.07) is 0. The molecule has 0 aliphatic heterocycles. The molecule has 146 valence electrons. The summed E-state index contributed by atoms with van der Waals surface area (Å²) in [5.74, 6) is 4.92. The van der Waals surface area contributed by atoms with Gasteiger partial charge in [0.2, 0.25) is 0 Å². The predicted octanol–water partition coefficient (Wildman–Crippen LogP) is 3.98. The number of fused-ring (bicyclic) bond motifs is 3. The predicted molar refractivity (Wildman–Crippen MR) is 102 cm³/mol. The van der Waals surface area contributed by atoms with E-state index in [1.807, 2.05) is 0 Å². The number of allylic oxidation sites excluding steroid dienone is 1. The van der Waals surface area contributed by atoms with Crippen LogP contribution in [0.3, 0.4) is 0 Å². The molecule has 3 fully saturated rings. The van der Waals surface area contributed by atoms with Crippen molar-refractivity contribution in [3.63, 3.8) is 0 Å². The zero-order chi connectivity index (χ0) is 18.8. The number of hydrogen-bond acceptors (Lipinski definition) is 3. The van der Waals surface area contributed by atoms with Crippen molar-refractivity contribution in [2.24, 2.45) is 46.8 Å². The van der Waals surface area contributed by atoms with Gasteiger partial charge in [-0.05, 0) is 92.8 Å². The normalized spacial score (nSPS) is 45.8. The van der Waals surface area contributed by atoms with E-state index in [0.29, 0.717) is 48.5 Å². The molecule has 0 aromatic rings. The Morgan fingerprint density at radius 2 is 2.00 bits per heavy atom. The van der Waals surface area contributed by atoms with Gasteiger partial charge in [-0.1, -0.05) is 25.0 Å². The van der Waals surface area contributed by atoms with E-state index in [-0.39, 0.29) is 5.78 Å². The molecule has 0 amide bonds. The fourth-order valence-corrected chi connectivity index (χ4v) is 7.84. The average Bonchev–Trinajstić information content (AvgIpc) is 3.11. The number of ketones is 1. The monoisotopic (exact) mass is 360 g/mol. The molecular formula is C23H36O3. The lowest BCUT2D eigenvalue weighted by Crippen LogP contribution is -2.34. The highest BCUT2D eigenvalue weighted by Crippen LogP contribution is 2.75. The minimum absolute atomic E-state index is 0.0858. The highest BCUT2D eigenvalue weighted by Gasteiger charge is 2.68.